The number of carbonyl (C=O) groups is 2. The molecule has 3 atom stereocenters. The van der Waals surface area contributed by atoms with E-state index in [1.54, 1.807) is 0 Å². The molecule has 0 aromatic heterocycles. The molecule has 0 aliphatic carbocycles. The van der Waals surface area contributed by atoms with Crippen molar-refractivity contribution in [2.75, 3.05) is 6.54 Å². The van der Waals surface area contributed by atoms with Crippen molar-refractivity contribution in [3.8, 4) is 0 Å². The van der Waals surface area contributed by atoms with Crippen LogP contribution in [0.1, 0.15) is 37.8 Å². The maximum Gasteiger partial charge on any atom is 0.307 e. The van der Waals surface area contributed by atoms with E-state index >= 15 is 0 Å². The Hall–Kier alpha value is -2.70. The molecule has 31 heavy (non-hydrogen) atoms. The van der Waals surface area contributed by atoms with Gasteiger partial charge in [0.1, 0.15) is 6.61 Å². The first kappa shape index (κ1) is 24.6. The van der Waals surface area contributed by atoms with E-state index in [0.29, 0.717) is 6.42 Å². The summed E-state index contributed by atoms with van der Waals surface area (Å²) in [5.41, 5.74) is 8.14. The van der Waals surface area contributed by atoms with Crippen LogP contribution in [-0.4, -0.2) is 35.7 Å². The molecule has 0 fully saturated rings. The van der Waals surface area contributed by atoms with Crippen LogP contribution in [0.2, 0.25) is 0 Å². The van der Waals surface area contributed by atoms with Crippen molar-refractivity contribution < 1.29 is 19.4 Å². The number of hydrogen-bond donors (Lipinski definition) is 3. The molecule has 2 aromatic rings. The number of nitrogens with two attached hydrogens (primary N) is 1. The smallest absolute Gasteiger partial charge is 0.307 e. The molecule has 1 amide bonds. The largest absolute Gasteiger partial charge is 0.461 e. The van der Waals surface area contributed by atoms with Crippen molar-refractivity contribution in [2.45, 2.75) is 51.9 Å². The van der Waals surface area contributed by atoms with Gasteiger partial charge in [0.05, 0.1) is 12.5 Å². The Morgan fingerprint density at radius 1 is 1.00 bits per heavy atom. The highest BCUT2D eigenvalue weighted by atomic mass is 16.5. The number of ether oxygens (including phenoxy) is 1. The molecular weight excluding hydrogens is 392 g/mol. The van der Waals surface area contributed by atoms with Crippen LogP contribution in [0.5, 0.6) is 0 Å². The highest BCUT2D eigenvalue weighted by Crippen LogP contribution is 2.20. The molecule has 2 rings (SSSR count). The van der Waals surface area contributed by atoms with Gasteiger partial charge in [-0.2, -0.15) is 0 Å². The maximum absolute atomic E-state index is 12.6. The lowest BCUT2D eigenvalue weighted by molar-refractivity contribution is -0.144. The summed E-state index contributed by atoms with van der Waals surface area (Å²) in [5.74, 6) is -0.909. The molecule has 168 valence electrons. The van der Waals surface area contributed by atoms with Crippen LogP contribution in [0, 0.1) is 11.8 Å². The Labute approximate surface area is 184 Å². The van der Waals surface area contributed by atoms with E-state index in [0.717, 1.165) is 11.1 Å². The van der Waals surface area contributed by atoms with Crippen molar-refractivity contribution in [1.82, 2.24) is 5.32 Å². The SMILES string of the molecule is CC(C)[C@H](C[C@H](O)[C@@H](N)Cc1ccccc1)C(=O)NCCC(=O)OCc1ccccc1. The first-order valence-electron chi connectivity index (χ1n) is 10.8. The molecule has 0 saturated heterocycles. The molecule has 0 unspecified atom stereocenters. The maximum atomic E-state index is 12.6. The Balaban J connectivity index is 1.75. The molecule has 0 saturated carbocycles. The fourth-order valence-electron chi connectivity index (χ4n) is 3.37. The lowest BCUT2D eigenvalue weighted by Crippen LogP contribution is -2.42. The van der Waals surface area contributed by atoms with E-state index in [4.69, 9.17) is 10.5 Å². The summed E-state index contributed by atoms with van der Waals surface area (Å²) < 4.78 is 5.22. The fourth-order valence-corrected chi connectivity index (χ4v) is 3.37. The molecule has 0 aliphatic rings. The summed E-state index contributed by atoms with van der Waals surface area (Å²) in [5, 5.41) is 13.4. The Bertz CT molecular complexity index is 796. The molecule has 0 spiro atoms. The van der Waals surface area contributed by atoms with Crippen LogP contribution < -0.4 is 11.1 Å². The van der Waals surface area contributed by atoms with Crippen LogP contribution in [0.25, 0.3) is 0 Å². The van der Waals surface area contributed by atoms with Gasteiger partial charge in [-0.05, 0) is 29.9 Å². The molecular formula is C25H34N2O4. The molecule has 6 heteroatoms. The third-order valence-electron chi connectivity index (χ3n) is 5.32. The topological polar surface area (TPSA) is 102 Å². The van der Waals surface area contributed by atoms with Crippen molar-refractivity contribution in [3.05, 3.63) is 71.8 Å². The summed E-state index contributed by atoms with van der Waals surface area (Å²) in [7, 11) is 0. The summed E-state index contributed by atoms with van der Waals surface area (Å²) >= 11 is 0. The monoisotopic (exact) mass is 426 g/mol. The number of amides is 1. The number of hydrogen-bond acceptors (Lipinski definition) is 5. The van der Waals surface area contributed by atoms with Gasteiger partial charge in [-0.3, -0.25) is 9.59 Å². The zero-order valence-electron chi connectivity index (χ0n) is 18.4. The third kappa shape index (κ3) is 8.90. The summed E-state index contributed by atoms with van der Waals surface area (Å²) in [4.78, 5) is 24.6. The van der Waals surface area contributed by atoms with Gasteiger partial charge in [-0.25, -0.2) is 0 Å². The Kier molecular flexibility index (Phi) is 10.2. The predicted molar refractivity (Wildman–Crippen MR) is 121 cm³/mol. The van der Waals surface area contributed by atoms with Crippen LogP contribution in [0.15, 0.2) is 60.7 Å². The average Bonchev–Trinajstić information content (AvgIpc) is 2.76. The van der Waals surface area contributed by atoms with Gasteiger partial charge in [0.2, 0.25) is 5.91 Å². The van der Waals surface area contributed by atoms with E-state index in [-0.39, 0.29) is 43.8 Å². The normalized spacial score (nSPS) is 14.0. The zero-order chi connectivity index (χ0) is 22.6. The quantitative estimate of drug-likeness (QED) is 0.453. The van der Waals surface area contributed by atoms with Crippen molar-refractivity contribution >= 4 is 11.9 Å². The van der Waals surface area contributed by atoms with Gasteiger partial charge in [-0.1, -0.05) is 74.5 Å². The standard InChI is InChI=1S/C25H34N2O4/c1-18(2)21(16-23(28)22(26)15-19-9-5-3-6-10-19)25(30)27-14-13-24(29)31-17-20-11-7-4-8-12-20/h3-12,18,21-23,28H,13-17,26H2,1-2H3,(H,27,30)/t21-,22-,23-/m0/s1. The second-order valence-electron chi connectivity index (χ2n) is 8.19. The lowest BCUT2D eigenvalue weighted by atomic mass is 9.86. The van der Waals surface area contributed by atoms with Crippen molar-refractivity contribution in [1.29, 1.82) is 0 Å². The van der Waals surface area contributed by atoms with E-state index in [1.807, 2.05) is 74.5 Å². The number of benzene rings is 2. The number of rotatable bonds is 12. The second kappa shape index (κ2) is 12.9. The van der Waals surface area contributed by atoms with E-state index in [2.05, 4.69) is 5.32 Å². The minimum atomic E-state index is -0.797. The summed E-state index contributed by atoms with van der Waals surface area (Å²) in [6.45, 7) is 4.29. The Morgan fingerprint density at radius 3 is 2.16 bits per heavy atom. The predicted octanol–water partition coefficient (Wildman–Crippen LogP) is 2.83. The van der Waals surface area contributed by atoms with Crippen molar-refractivity contribution in [2.24, 2.45) is 17.6 Å². The molecule has 4 N–H and O–H groups in total. The van der Waals surface area contributed by atoms with Gasteiger partial charge >= 0.3 is 5.97 Å². The van der Waals surface area contributed by atoms with E-state index in [1.165, 1.54) is 0 Å². The van der Waals surface area contributed by atoms with E-state index < -0.39 is 18.1 Å². The minimum Gasteiger partial charge on any atom is -0.461 e. The van der Waals surface area contributed by atoms with Gasteiger partial charge < -0.3 is 20.9 Å². The highest BCUT2D eigenvalue weighted by Gasteiger charge is 2.28. The number of aliphatic hydroxyl groups is 1. The highest BCUT2D eigenvalue weighted by molar-refractivity contribution is 5.79. The van der Waals surface area contributed by atoms with Gasteiger partial charge in [0, 0.05) is 18.5 Å². The van der Waals surface area contributed by atoms with Crippen LogP contribution in [0.3, 0.4) is 0 Å². The average molecular weight is 427 g/mol. The molecule has 0 aliphatic heterocycles. The van der Waals surface area contributed by atoms with E-state index in [9.17, 15) is 14.7 Å². The minimum absolute atomic E-state index is 0.0311. The zero-order valence-corrected chi connectivity index (χ0v) is 18.4. The molecule has 0 radical (unpaired) electrons. The molecule has 0 bridgehead atoms. The molecule has 6 nitrogen and oxygen atoms in total. The molecule has 2 aromatic carbocycles. The number of esters is 1. The van der Waals surface area contributed by atoms with Crippen LogP contribution >= 0.6 is 0 Å². The summed E-state index contributed by atoms with van der Waals surface area (Å²) in [6.07, 6.45) is 0.117. The third-order valence-corrected chi connectivity index (χ3v) is 5.32. The number of carbonyl (C=O) groups excluding carboxylic acids is 2. The van der Waals surface area contributed by atoms with Crippen LogP contribution in [0.4, 0.5) is 0 Å². The second-order valence-corrected chi connectivity index (χ2v) is 8.19. The number of aliphatic hydroxyl groups excluding tert-OH is 1. The van der Waals surface area contributed by atoms with Gasteiger partial charge in [-0.15, -0.1) is 0 Å². The Morgan fingerprint density at radius 2 is 1.58 bits per heavy atom. The first-order chi connectivity index (χ1) is 14.9. The summed E-state index contributed by atoms with van der Waals surface area (Å²) in [6, 6.07) is 18.7. The van der Waals surface area contributed by atoms with Gasteiger partial charge in [0.25, 0.3) is 0 Å². The van der Waals surface area contributed by atoms with Gasteiger partial charge in [0.15, 0.2) is 0 Å². The first-order valence-corrected chi connectivity index (χ1v) is 10.8. The number of nitrogens with one attached hydrogen (secondary N) is 1. The van der Waals surface area contributed by atoms with Crippen LogP contribution in [-0.2, 0) is 27.4 Å². The fraction of sp³-hybridized carbons (Fsp3) is 0.440. The lowest BCUT2D eigenvalue weighted by Gasteiger charge is -2.26. The van der Waals surface area contributed by atoms with Crippen molar-refractivity contribution in [3.63, 3.8) is 0 Å². The molecule has 0 heterocycles.